The first kappa shape index (κ1) is 15.6. The molecule has 2 heterocycles. The fourth-order valence-corrected chi connectivity index (χ4v) is 2.70. The molecule has 1 saturated heterocycles. The third-order valence-electron chi connectivity index (χ3n) is 3.91. The number of H-pyrrole nitrogens is 1. The Balaban J connectivity index is 2.33. The number of carbonyl (C=O) groups is 2. The molecular weight excluding hydrogens is 272 g/mol. The monoisotopic (exact) mass is 294 g/mol. The van der Waals surface area contributed by atoms with E-state index in [1.165, 1.54) is 7.11 Å². The molecule has 21 heavy (non-hydrogen) atoms. The van der Waals surface area contributed by atoms with Crippen LogP contribution >= 0.6 is 0 Å². The first-order chi connectivity index (χ1) is 9.86. The summed E-state index contributed by atoms with van der Waals surface area (Å²) in [6.45, 7) is 8.49. The van der Waals surface area contributed by atoms with Crippen LogP contribution in [0, 0.1) is 13.8 Å². The van der Waals surface area contributed by atoms with Gasteiger partial charge < -0.3 is 19.4 Å². The Morgan fingerprint density at radius 1 is 1.33 bits per heavy atom. The zero-order valence-electron chi connectivity index (χ0n) is 13.1. The molecule has 0 aromatic carbocycles. The molecule has 0 bridgehead atoms. The molecule has 1 aromatic rings. The van der Waals surface area contributed by atoms with Gasteiger partial charge >= 0.3 is 5.97 Å². The van der Waals surface area contributed by atoms with Gasteiger partial charge in [-0.25, -0.2) is 4.79 Å². The van der Waals surface area contributed by atoms with Crippen molar-refractivity contribution in [3.05, 3.63) is 22.5 Å². The molecule has 1 aliphatic heterocycles. The quantitative estimate of drug-likeness (QED) is 0.842. The van der Waals surface area contributed by atoms with E-state index < -0.39 is 5.97 Å². The number of hydrogen-bond acceptors (Lipinski definition) is 4. The lowest BCUT2D eigenvalue weighted by Gasteiger charge is -2.36. The van der Waals surface area contributed by atoms with Crippen LogP contribution in [0.5, 0.6) is 0 Å². The van der Waals surface area contributed by atoms with Crippen molar-refractivity contribution in [3.63, 3.8) is 0 Å². The maximum atomic E-state index is 12.7. The average molecular weight is 294 g/mol. The summed E-state index contributed by atoms with van der Waals surface area (Å²) in [7, 11) is 1.33. The van der Waals surface area contributed by atoms with E-state index in [9.17, 15) is 9.59 Å². The second-order valence-electron chi connectivity index (χ2n) is 5.57. The number of amides is 1. The van der Waals surface area contributed by atoms with Crippen molar-refractivity contribution in [1.29, 1.82) is 0 Å². The molecule has 116 valence electrons. The Hall–Kier alpha value is -1.82. The van der Waals surface area contributed by atoms with Gasteiger partial charge in [-0.2, -0.15) is 0 Å². The fourth-order valence-electron chi connectivity index (χ4n) is 2.70. The van der Waals surface area contributed by atoms with Gasteiger partial charge in [-0.3, -0.25) is 4.79 Å². The summed E-state index contributed by atoms with van der Waals surface area (Å²) in [5.41, 5.74) is 2.18. The minimum absolute atomic E-state index is 0.0123. The van der Waals surface area contributed by atoms with Crippen molar-refractivity contribution >= 4 is 11.9 Å². The average Bonchev–Trinajstić information content (AvgIpc) is 2.75. The maximum absolute atomic E-state index is 12.7. The number of morpholine rings is 1. The van der Waals surface area contributed by atoms with E-state index in [4.69, 9.17) is 9.47 Å². The van der Waals surface area contributed by atoms with Gasteiger partial charge in [-0.1, -0.05) is 0 Å². The van der Waals surface area contributed by atoms with E-state index in [-0.39, 0.29) is 18.1 Å². The molecule has 1 amide bonds. The Morgan fingerprint density at radius 2 is 2.00 bits per heavy atom. The van der Waals surface area contributed by atoms with Crippen molar-refractivity contribution in [1.82, 2.24) is 9.88 Å². The highest BCUT2D eigenvalue weighted by atomic mass is 16.5. The van der Waals surface area contributed by atoms with Crippen LogP contribution in [0.25, 0.3) is 0 Å². The van der Waals surface area contributed by atoms with Crippen LogP contribution in [0.15, 0.2) is 0 Å². The molecule has 1 aromatic heterocycles. The summed E-state index contributed by atoms with van der Waals surface area (Å²) in [4.78, 5) is 29.3. The summed E-state index contributed by atoms with van der Waals surface area (Å²) in [5, 5.41) is 0. The summed E-state index contributed by atoms with van der Waals surface area (Å²) in [6.07, 6.45) is 0.0154. The second kappa shape index (κ2) is 5.89. The number of esters is 1. The normalized spacial score (nSPS) is 22.2. The molecule has 1 N–H and O–H groups in total. The molecule has 0 aliphatic carbocycles. The number of aromatic nitrogens is 1. The van der Waals surface area contributed by atoms with Crippen molar-refractivity contribution in [2.45, 2.75) is 39.8 Å². The van der Waals surface area contributed by atoms with Crippen LogP contribution in [0.3, 0.4) is 0 Å². The minimum Gasteiger partial charge on any atom is -0.465 e. The third-order valence-corrected chi connectivity index (χ3v) is 3.91. The molecule has 1 aliphatic rings. The number of aromatic amines is 1. The van der Waals surface area contributed by atoms with Crippen LogP contribution in [0.4, 0.5) is 0 Å². The molecule has 0 radical (unpaired) electrons. The molecule has 2 atom stereocenters. The van der Waals surface area contributed by atoms with Gasteiger partial charge in [0.05, 0.1) is 31.4 Å². The van der Waals surface area contributed by atoms with E-state index in [0.717, 1.165) is 0 Å². The Labute approximate surface area is 124 Å². The van der Waals surface area contributed by atoms with Crippen molar-refractivity contribution in [2.75, 3.05) is 20.3 Å². The number of hydrogen-bond donors (Lipinski definition) is 1. The van der Waals surface area contributed by atoms with Crippen LogP contribution in [-0.4, -0.2) is 54.2 Å². The van der Waals surface area contributed by atoms with Gasteiger partial charge in [0.25, 0.3) is 5.91 Å². The lowest BCUT2D eigenvalue weighted by Crippen LogP contribution is -2.50. The van der Waals surface area contributed by atoms with Crippen LogP contribution in [0.1, 0.15) is 46.0 Å². The molecule has 2 unspecified atom stereocenters. The van der Waals surface area contributed by atoms with E-state index in [1.807, 2.05) is 13.8 Å². The predicted molar refractivity (Wildman–Crippen MR) is 77.5 cm³/mol. The molecule has 2 rings (SSSR count). The SMILES string of the molecule is COC(=O)c1c(C)[nH]c(C(=O)N2CC(C)OCC2C)c1C. The molecular formula is C15H22N2O4. The standard InChI is InChI=1S/C15H22N2O4/c1-8-7-21-9(2)6-17(8)14(18)13-10(3)12(11(4)16-13)15(19)20-5/h8-9,16H,6-7H2,1-5H3. The van der Waals surface area contributed by atoms with Gasteiger partial charge in [-0.15, -0.1) is 0 Å². The molecule has 6 heteroatoms. The van der Waals surface area contributed by atoms with E-state index in [2.05, 4.69) is 4.98 Å². The highest BCUT2D eigenvalue weighted by Gasteiger charge is 2.31. The van der Waals surface area contributed by atoms with Crippen molar-refractivity contribution < 1.29 is 19.1 Å². The van der Waals surface area contributed by atoms with E-state index in [0.29, 0.717) is 35.7 Å². The fraction of sp³-hybridized carbons (Fsp3) is 0.600. The van der Waals surface area contributed by atoms with Crippen LogP contribution in [0.2, 0.25) is 0 Å². The number of rotatable bonds is 2. The van der Waals surface area contributed by atoms with Crippen molar-refractivity contribution in [2.24, 2.45) is 0 Å². The maximum Gasteiger partial charge on any atom is 0.339 e. The highest BCUT2D eigenvalue weighted by molar-refractivity contribution is 6.00. The lowest BCUT2D eigenvalue weighted by atomic mass is 10.1. The van der Waals surface area contributed by atoms with Crippen LogP contribution < -0.4 is 0 Å². The highest BCUT2D eigenvalue weighted by Crippen LogP contribution is 2.22. The minimum atomic E-state index is -0.427. The molecule has 0 spiro atoms. The van der Waals surface area contributed by atoms with Gasteiger partial charge in [-0.05, 0) is 33.3 Å². The number of methoxy groups -OCH3 is 1. The topological polar surface area (TPSA) is 71.6 Å². The first-order valence-electron chi connectivity index (χ1n) is 7.06. The van der Waals surface area contributed by atoms with Gasteiger partial charge in [0.1, 0.15) is 5.69 Å². The lowest BCUT2D eigenvalue weighted by molar-refractivity contribution is -0.0389. The summed E-state index contributed by atoms with van der Waals surface area (Å²) in [6, 6.07) is 0.0123. The zero-order valence-corrected chi connectivity index (χ0v) is 13.1. The number of aryl methyl sites for hydroxylation is 1. The Morgan fingerprint density at radius 3 is 2.62 bits per heavy atom. The van der Waals surface area contributed by atoms with E-state index in [1.54, 1.807) is 18.7 Å². The number of nitrogens with one attached hydrogen (secondary N) is 1. The smallest absolute Gasteiger partial charge is 0.339 e. The van der Waals surface area contributed by atoms with Crippen LogP contribution in [-0.2, 0) is 9.47 Å². The number of carbonyl (C=O) groups excluding carboxylic acids is 2. The van der Waals surface area contributed by atoms with Crippen molar-refractivity contribution in [3.8, 4) is 0 Å². The summed E-state index contributed by atoms with van der Waals surface area (Å²) in [5.74, 6) is -0.530. The second-order valence-corrected chi connectivity index (χ2v) is 5.57. The Kier molecular flexibility index (Phi) is 4.37. The number of ether oxygens (including phenoxy) is 2. The predicted octanol–water partition coefficient (Wildman–Crippen LogP) is 1.67. The molecule has 0 saturated carbocycles. The van der Waals surface area contributed by atoms with Gasteiger partial charge in [0.2, 0.25) is 0 Å². The third kappa shape index (κ3) is 2.81. The van der Waals surface area contributed by atoms with E-state index >= 15 is 0 Å². The van der Waals surface area contributed by atoms with Gasteiger partial charge in [0, 0.05) is 12.2 Å². The largest absolute Gasteiger partial charge is 0.465 e. The molecule has 6 nitrogen and oxygen atoms in total. The summed E-state index contributed by atoms with van der Waals surface area (Å²) >= 11 is 0. The Bertz CT molecular complexity index is 564. The zero-order chi connectivity index (χ0) is 15.7. The molecule has 1 fully saturated rings. The number of nitrogens with zero attached hydrogens (tertiary/aromatic N) is 1. The van der Waals surface area contributed by atoms with Gasteiger partial charge in [0.15, 0.2) is 0 Å². The first-order valence-corrected chi connectivity index (χ1v) is 7.06. The summed E-state index contributed by atoms with van der Waals surface area (Å²) < 4.78 is 10.3.